The molecule has 0 saturated heterocycles. The number of aromatic nitrogens is 4. The van der Waals surface area contributed by atoms with Gasteiger partial charge in [-0.05, 0) is 17.7 Å². The quantitative estimate of drug-likeness (QED) is 0.726. The number of aryl methyl sites for hydroxylation is 1. The Kier molecular flexibility index (Phi) is 5.07. The number of halogens is 1. The standard InChI is InChI=1S/C17H17FN6O2/c1-24-16(15(22-23-24)13-8-7-12(19)10-20-13)26-17(25)21-14(9-18)11-5-3-2-4-6-11/h2-8,10,14H,9,19H2,1H3,(H,21,25)/t14-/m1/s1. The third-order valence-corrected chi connectivity index (χ3v) is 3.64. The lowest BCUT2D eigenvalue weighted by atomic mass is 10.1. The van der Waals surface area contributed by atoms with E-state index in [-0.39, 0.29) is 11.6 Å². The zero-order valence-electron chi connectivity index (χ0n) is 14.0. The van der Waals surface area contributed by atoms with E-state index < -0.39 is 18.8 Å². The lowest BCUT2D eigenvalue weighted by Gasteiger charge is -2.15. The van der Waals surface area contributed by atoms with Crippen molar-refractivity contribution in [2.24, 2.45) is 7.05 Å². The number of rotatable bonds is 5. The number of nitrogens with zero attached hydrogens (tertiary/aromatic N) is 4. The molecular formula is C17H17FN6O2. The third-order valence-electron chi connectivity index (χ3n) is 3.64. The largest absolute Gasteiger partial charge is 0.414 e. The Morgan fingerprint density at radius 2 is 2.08 bits per heavy atom. The van der Waals surface area contributed by atoms with Gasteiger partial charge in [0.1, 0.15) is 6.67 Å². The summed E-state index contributed by atoms with van der Waals surface area (Å²) in [5.74, 6) is 0.0884. The van der Waals surface area contributed by atoms with E-state index in [0.717, 1.165) is 0 Å². The molecule has 0 bridgehead atoms. The molecule has 0 radical (unpaired) electrons. The van der Waals surface area contributed by atoms with Gasteiger partial charge >= 0.3 is 6.09 Å². The number of ether oxygens (including phenoxy) is 1. The van der Waals surface area contributed by atoms with Gasteiger partial charge in [-0.1, -0.05) is 35.5 Å². The van der Waals surface area contributed by atoms with Crippen molar-refractivity contribution in [1.29, 1.82) is 0 Å². The molecular weight excluding hydrogens is 339 g/mol. The molecule has 0 spiro atoms. The molecule has 0 saturated carbocycles. The number of hydrogen-bond donors (Lipinski definition) is 2. The minimum atomic E-state index is -0.821. The first-order chi connectivity index (χ1) is 12.6. The molecule has 26 heavy (non-hydrogen) atoms. The molecule has 2 heterocycles. The molecule has 9 heteroatoms. The Hall–Kier alpha value is -3.49. The zero-order chi connectivity index (χ0) is 18.5. The van der Waals surface area contributed by atoms with Crippen molar-refractivity contribution < 1.29 is 13.9 Å². The van der Waals surface area contributed by atoms with Crippen LogP contribution in [-0.4, -0.2) is 32.7 Å². The highest BCUT2D eigenvalue weighted by Gasteiger charge is 2.21. The number of nitrogens with one attached hydrogen (secondary N) is 1. The SMILES string of the molecule is Cn1nnc(-c2ccc(N)cn2)c1OC(=O)N[C@H](CF)c1ccccc1. The fourth-order valence-corrected chi connectivity index (χ4v) is 2.32. The number of benzene rings is 1. The number of nitrogen functional groups attached to an aromatic ring is 1. The second-order valence-corrected chi connectivity index (χ2v) is 5.50. The zero-order valence-corrected chi connectivity index (χ0v) is 14.0. The van der Waals surface area contributed by atoms with Crippen molar-refractivity contribution in [1.82, 2.24) is 25.3 Å². The van der Waals surface area contributed by atoms with Gasteiger partial charge in [-0.3, -0.25) is 4.98 Å². The maximum atomic E-state index is 13.3. The predicted octanol–water partition coefficient (Wildman–Crippen LogP) is 2.26. The Morgan fingerprint density at radius 1 is 1.31 bits per heavy atom. The monoisotopic (exact) mass is 356 g/mol. The van der Waals surface area contributed by atoms with Crippen LogP contribution < -0.4 is 15.8 Å². The van der Waals surface area contributed by atoms with E-state index in [1.165, 1.54) is 10.9 Å². The van der Waals surface area contributed by atoms with Crippen molar-refractivity contribution in [3.05, 3.63) is 54.2 Å². The Bertz CT molecular complexity index is 882. The average Bonchev–Trinajstić information content (AvgIpc) is 3.01. The number of carbonyl (C=O) groups is 1. The number of pyridine rings is 1. The number of carbonyl (C=O) groups excluding carboxylic acids is 1. The van der Waals surface area contributed by atoms with Gasteiger partial charge in [-0.15, -0.1) is 5.10 Å². The van der Waals surface area contributed by atoms with Crippen molar-refractivity contribution in [3.63, 3.8) is 0 Å². The van der Waals surface area contributed by atoms with Gasteiger partial charge in [0.15, 0.2) is 5.69 Å². The number of anilines is 1. The van der Waals surface area contributed by atoms with Gasteiger partial charge in [0.2, 0.25) is 0 Å². The molecule has 8 nitrogen and oxygen atoms in total. The molecule has 2 aromatic heterocycles. The molecule has 0 aliphatic carbocycles. The Labute approximate surface area is 148 Å². The smallest absolute Gasteiger partial charge is 0.397 e. The lowest BCUT2D eigenvalue weighted by Crippen LogP contribution is -2.32. The van der Waals surface area contributed by atoms with Crippen molar-refractivity contribution in [2.75, 3.05) is 12.4 Å². The van der Waals surface area contributed by atoms with Gasteiger partial charge < -0.3 is 15.8 Å². The second-order valence-electron chi connectivity index (χ2n) is 5.50. The number of alkyl halides is 1. The summed E-state index contributed by atoms with van der Waals surface area (Å²) in [5, 5.41) is 10.3. The molecule has 1 amide bonds. The first-order valence-corrected chi connectivity index (χ1v) is 7.79. The molecule has 3 N–H and O–H groups in total. The van der Waals surface area contributed by atoms with Gasteiger partial charge in [-0.25, -0.2) is 13.9 Å². The van der Waals surface area contributed by atoms with Crippen LogP contribution in [0.25, 0.3) is 11.4 Å². The fourth-order valence-electron chi connectivity index (χ4n) is 2.32. The molecule has 0 aliphatic heterocycles. The summed E-state index contributed by atoms with van der Waals surface area (Å²) >= 11 is 0. The van der Waals surface area contributed by atoms with Gasteiger partial charge in [0.05, 0.1) is 23.6 Å². The maximum Gasteiger partial charge on any atom is 0.414 e. The minimum Gasteiger partial charge on any atom is -0.397 e. The molecule has 134 valence electrons. The summed E-state index contributed by atoms with van der Waals surface area (Å²) in [6.45, 7) is -0.769. The van der Waals surface area contributed by atoms with Crippen molar-refractivity contribution in [3.8, 4) is 17.3 Å². The first-order valence-electron chi connectivity index (χ1n) is 7.79. The average molecular weight is 356 g/mol. The second kappa shape index (κ2) is 7.60. The van der Waals surface area contributed by atoms with E-state index in [1.54, 1.807) is 43.4 Å². The molecule has 3 aromatic rings. The number of hydrogen-bond acceptors (Lipinski definition) is 6. The van der Waals surface area contributed by atoms with Crippen LogP contribution in [-0.2, 0) is 7.05 Å². The van der Waals surface area contributed by atoms with Gasteiger partial charge in [-0.2, -0.15) is 0 Å². The van der Waals surface area contributed by atoms with Crippen LogP contribution in [0.5, 0.6) is 5.88 Å². The van der Waals surface area contributed by atoms with E-state index in [2.05, 4.69) is 20.6 Å². The highest BCUT2D eigenvalue weighted by molar-refractivity contribution is 5.73. The molecule has 0 unspecified atom stereocenters. The molecule has 0 fully saturated rings. The summed E-state index contributed by atoms with van der Waals surface area (Å²) in [4.78, 5) is 16.4. The van der Waals surface area contributed by atoms with Crippen LogP contribution in [0.15, 0.2) is 48.7 Å². The van der Waals surface area contributed by atoms with Crippen LogP contribution in [0.3, 0.4) is 0 Å². The molecule has 3 rings (SSSR count). The molecule has 1 aromatic carbocycles. The lowest BCUT2D eigenvalue weighted by molar-refractivity contribution is 0.189. The summed E-state index contributed by atoms with van der Waals surface area (Å²) in [5.41, 5.74) is 7.47. The summed E-state index contributed by atoms with van der Waals surface area (Å²) in [6.07, 6.45) is 0.640. The van der Waals surface area contributed by atoms with E-state index in [1.807, 2.05) is 6.07 Å². The van der Waals surface area contributed by atoms with Gasteiger partial charge in [0.25, 0.3) is 5.88 Å². The Balaban J connectivity index is 1.77. The van der Waals surface area contributed by atoms with Crippen LogP contribution in [0.1, 0.15) is 11.6 Å². The summed E-state index contributed by atoms with van der Waals surface area (Å²) in [7, 11) is 1.57. The molecule has 0 aliphatic rings. The van der Waals surface area contributed by atoms with E-state index in [4.69, 9.17) is 10.5 Å². The van der Waals surface area contributed by atoms with E-state index >= 15 is 0 Å². The van der Waals surface area contributed by atoms with Crippen LogP contribution in [0.2, 0.25) is 0 Å². The number of amides is 1. The normalized spacial score (nSPS) is 11.8. The van der Waals surface area contributed by atoms with Crippen molar-refractivity contribution >= 4 is 11.8 Å². The highest BCUT2D eigenvalue weighted by atomic mass is 19.1. The summed E-state index contributed by atoms with van der Waals surface area (Å²) < 4.78 is 19.9. The van der Waals surface area contributed by atoms with Crippen molar-refractivity contribution in [2.45, 2.75) is 6.04 Å². The predicted molar refractivity (Wildman–Crippen MR) is 93.0 cm³/mol. The minimum absolute atomic E-state index is 0.0884. The van der Waals surface area contributed by atoms with Crippen LogP contribution in [0, 0.1) is 0 Å². The van der Waals surface area contributed by atoms with Gasteiger partial charge in [0, 0.05) is 7.05 Å². The highest BCUT2D eigenvalue weighted by Crippen LogP contribution is 2.26. The Morgan fingerprint density at radius 3 is 2.73 bits per heavy atom. The van der Waals surface area contributed by atoms with E-state index in [9.17, 15) is 9.18 Å². The third kappa shape index (κ3) is 3.77. The topological polar surface area (TPSA) is 108 Å². The number of nitrogens with two attached hydrogens (primary N) is 1. The van der Waals surface area contributed by atoms with Crippen LogP contribution >= 0.6 is 0 Å². The fraction of sp³-hybridized carbons (Fsp3) is 0.176. The van der Waals surface area contributed by atoms with E-state index in [0.29, 0.717) is 16.9 Å². The summed E-state index contributed by atoms with van der Waals surface area (Å²) in [6, 6.07) is 11.3. The molecule has 1 atom stereocenters. The first kappa shape index (κ1) is 17.3. The maximum absolute atomic E-state index is 13.3. The van der Waals surface area contributed by atoms with Crippen LogP contribution in [0.4, 0.5) is 14.9 Å².